The molecule has 1 atom stereocenters. The molecule has 1 aliphatic rings. The first kappa shape index (κ1) is 20.5. The maximum atomic E-state index is 12.9. The third kappa shape index (κ3) is 4.43. The molecular weight excluding hydrogens is 418 g/mol. The second-order valence-corrected chi connectivity index (χ2v) is 8.77. The highest BCUT2D eigenvalue weighted by atomic mass is 32.1. The molecule has 162 valence electrons. The summed E-state index contributed by atoms with van der Waals surface area (Å²) < 4.78 is 1.98. The molecule has 1 amide bonds. The van der Waals surface area contributed by atoms with Gasteiger partial charge in [0.1, 0.15) is 5.69 Å². The lowest BCUT2D eigenvalue weighted by atomic mass is 10.1. The normalized spacial score (nSPS) is 15.8. The van der Waals surface area contributed by atoms with E-state index in [1.165, 1.54) is 17.0 Å². The van der Waals surface area contributed by atoms with Gasteiger partial charge >= 0.3 is 0 Å². The Morgan fingerprint density at radius 3 is 2.88 bits per heavy atom. The van der Waals surface area contributed by atoms with Crippen LogP contribution in [0.15, 0.2) is 78.6 Å². The van der Waals surface area contributed by atoms with E-state index in [-0.39, 0.29) is 11.9 Å². The average molecular weight is 444 g/mol. The number of aromatic nitrogens is 3. The monoisotopic (exact) mass is 443 g/mol. The van der Waals surface area contributed by atoms with Crippen molar-refractivity contribution in [2.24, 2.45) is 0 Å². The van der Waals surface area contributed by atoms with E-state index in [4.69, 9.17) is 4.98 Å². The van der Waals surface area contributed by atoms with Gasteiger partial charge in [-0.3, -0.25) is 15.1 Å². The SMILES string of the molecule is O=C(Nc1nc(C2CCCN2c2ccccc2)cs1)c1cccn1CCc1cccnc1. The first-order valence-corrected chi connectivity index (χ1v) is 11.8. The third-order valence-electron chi connectivity index (χ3n) is 5.85. The van der Waals surface area contributed by atoms with Crippen molar-refractivity contribution < 1.29 is 4.79 Å². The number of carbonyl (C=O) groups is 1. The number of para-hydroxylation sites is 1. The molecule has 0 radical (unpaired) electrons. The molecule has 3 aromatic heterocycles. The van der Waals surface area contributed by atoms with Crippen LogP contribution in [-0.2, 0) is 13.0 Å². The van der Waals surface area contributed by atoms with Crippen LogP contribution < -0.4 is 10.2 Å². The smallest absolute Gasteiger partial charge is 0.274 e. The van der Waals surface area contributed by atoms with Crippen LogP contribution in [0.3, 0.4) is 0 Å². The second kappa shape index (κ2) is 9.36. The minimum Gasteiger partial charge on any atom is -0.363 e. The fraction of sp³-hybridized carbons (Fsp3) is 0.240. The van der Waals surface area contributed by atoms with E-state index in [1.807, 2.05) is 41.2 Å². The van der Waals surface area contributed by atoms with E-state index < -0.39 is 0 Å². The first-order chi connectivity index (χ1) is 15.8. The highest BCUT2D eigenvalue weighted by molar-refractivity contribution is 7.14. The van der Waals surface area contributed by atoms with Crippen LogP contribution in [0.4, 0.5) is 10.8 Å². The highest BCUT2D eigenvalue weighted by Crippen LogP contribution is 2.37. The van der Waals surface area contributed by atoms with E-state index in [0.29, 0.717) is 10.8 Å². The van der Waals surface area contributed by atoms with Crippen molar-refractivity contribution in [2.75, 3.05) is 16.8 Å². The predicted molar refractivity (Wildman–Crippen MR) is 128 cm³/mol. The van der Waals surface area contributed by atoms with E-state index in [0.717, 1.165) is 43.6 Å². The molecule has 1 N–H and O–H groups in total. The summed E-state index contributed by atoms with van der Waals surface area (Å²) in [6, 6.07) is 18.5. The second-order valence-electron chi connectivity index (χ2n) is 7.92. The summed E-state index contributed by atoms with van der Waals surface area (Å²) in [6.45, 7) is 1.75. The Labute approximate surface area is 191 Å². The van der Waals surface area contributed by atoms with Crippen molar-refractivity contribution >= 4 is 28.1 Å². The van der Waals surface area contributed by atoms with Gasteiger partial charge in [-0.2, -0.15) is 0 Å². The van der Waals surface area contributed by atoms with Gasteiger partial charge in [0.2, 0.25) is 0 Å². The van der Waals surface area contributed by atoms with Crippen LogP contribution >= 0.6 is 11.3 Å². The number of nitrogens with one attached hydrogen (secondary N) is 1. The Balaban J connectivity index is 1.25. The zero-order valence-corrected chi connectivity index (χ0v) is 18.5. The molecule has 6 nitrogen and oxygen atoms in total. The number of rotatable bonds is 7. The number of nitrogens with zero attached hydrogens (tertiary/aromatic N) is 4. The van der Waals surface area contributed by atoms with Gasteiger partial charge < -0.3 is 9.47 Å². The van der Waals surface area contributed by atoms with Crippen LogP contribution in [0.5, 0.6) is 0 Å². The number of aryl methyl sites for hydroxylation is 2. The molecule has 7 heteroatoms. The van der Waals surface area contributed by atoms with Crippen LogP contribution in [0.25, 0.3) is 0 Å². The molecule has 1 aliphatic heterocycles. The Hall–Kier alpha value is -3.45. The summed E-state index contributed by atoms with van der Waals surface area (Å²) in [5.74, 6) is -0.131. The van der Waals surface area contributed by atoms with Gasteiger partial charge in [-0.25, -0.2) is 4.98 Å². The highest BCUT2D eigenvalue weighted by Gasteiger charge is 2.28. The zero-order valence-electron chi connectivity index (χ0n) is 17.7. The molecule has 1 aromatic carbocycles. The summed E-state index contributed by atoms with van der Waals surface area (Å²) in [5.41, 5.74) is 4.03. The van der Waals surface area contributed by atoms with Gasteiger partial charge in [0.15, 0.2) is 5.13 Å². The van der Waals surface area contributed by atoms with Crippen molar-refractivity contribution in [3.8, 4) is 0 Å². The van der Waals surface area contributed by atoms with E-state index in [9.17, 15) is 4.79 Å². The summed E-state index contributed by atoms with van der Waals surface area (Å²) in [7, 11) is 0. The molecule has 0 bridgehead atoms. The van der Waals surface area contributed by atoms with E-state index in [1.54, 1.807) is 6.20 Å². The lowest BCUT2D eigenvalue weighted by molar-refractivity contribution is 0.101. The summed E-state index contributed by atoms with van der Waals surface area (Å²) in [4.78, 5) is 24.3. The molecule has 0 aliphatic carbocycles. The van der Waals surface area contributed by atoms with Gasteiger partial charge in [-0.15, -0.1) is 11.3 Å². The van der Waals surface area contributed by atoms with Gasteiger partial charge in [0.05, 0.1) is 11.7 Å². The number of hydrogen-bond acceptors (Lipinski definition) is 5. The molecule has 0 spiro atoms. The molecule has 4 aromatic rings. The number of anilines is 2. The van der Waals surface area contributed by atoms with Gasteiger partial charge in [0, 0.05) is 42.7 Å². The quantitative estimate of drug-likeness (QED) is 0.428. The van der Waals surface area contributed by atoms with E-state index >= 15 is 0 Å². The Kier molecular flexibility index (Phi) is 5.98. The fourth-order valence-electron chi connectivity index (χ4n) is 4.27. The van der Waals surface area contributed by atoms with Crippen molar-refractivity contribution in [3.63, 3.8) is 0 Å². The van der Waals surface area contributed by atoms with Crippen molar-refractivity contribution in [3.05, 3.63) is 95.5 Å². The van der Waals surface area contributed by atoms with Crippen molar-refractivity contribution in [1.82, 2.24) is 14.5 Å². The lowest BCUT2D eigenvalue weighted by Crippen LogP contribution is -2.22. The Bertz CT molecular complexity index is 1170. The number of benzene rings is 1. The number of thiazole rings is 1. The Morgan fingerprint density at radius 2 is 2.03 bits per heavy atom. The zero-order chi connectivity index (χ0) is 21.8. The number of amides is 1. The minimum atomic E-state index is -0.131. The minimum absolute atomic E-state index is 0.131. The molecule has 4 heterocycles. The van der Waals surface area contributed by atoms with Crippen LogP contribution in [0, 0.1) is 0 Å². The maximum absolute atomic E-state index is 12.9. The van der Waals surface area contributed by atoms with Gasteiger partial charge in [-0.05, 0) is 55.2 Å². The molecule has 5 rings (SSSR count). The van der Waals surface area contributed by atoms with Gasteiger partial charge in [-0.1, -0.05) is 24.3 Å². The van der Waals surface area contributed by atoms with Gasteiger partial charge in [0.25, 0.3) is 5.91 Å². The van der Waals surface area contributed by atoms with E-state index in [2.05, 4.69) is 50.9 Å². The Morgan fingerprint density at radius 1 is 1.12 bits per heavy atom. The first-order valence-electron chi connectivity index (χ1n) is 10.9. The molecule has 1 fully saturated rings. The molecular formula is C25H25N5OS. The van der Waals surface area contributed by atoms with Crippen LogP contribution in [0.2, 0.25) is 0 Å². The molecule has 0 saturated carbocycles. The maximum Gasteiger partial charge on any atom is 0.274 e. The topological polar surface area (TPSA) is 63.1 Å². The number of carbonyl (C=O) groups excluding carboxylic acids is 1. The molecule has 1 saturated heterocycles. The third-order valence-corrected chi connectivity index (χ3v) is 6.63. The van der Waals surface area contributed by atoms with Crippen LogP contribution in [-0.4, -0.2) is 27.0 Å². The fourth-order valence-corrected chi connectivity index (χ4v) is 5.02. The molecule has 32 heavy (non-hydrogen) atoms. The summed E-state index contributed by atoms with van der Waals surface area (Å²) >= 11 is 1.49. The number of pyridine rings is 1. The average Bonchev–Trinajstić information content (AvgIpc) is 3.59. The lowest BCUT2D eigenvalue weighted by Gasteiger charge is -2.25. The molecule has 1 unspecified atom stereocenters. The largest absolute Gasteiger partial charge is 0.363 e. The predicted octanol–water partition coefficient (Wildman–Crippen LogP) is 5.18. The summed E-state index contributed by atoms with van der Waals surface area (Å²) in [6.07, 6.45) is 8.61. The summed E-state index contributed by atoms with van der Waals surface area (Å²) in [5, 5.41) is 5.71. The van der Waals surface area contributed by atoms with Crippen molar-refractivity contribution in [1.29, 1.82) is 0 Å². The van der Waals surface area contributed by atoms with Crippen LogP contribution in [0.1, 0.15) is 40.6 Å². The standard InChI is InChI=1S/C25H25N5OS/c31-24(23-11-5-14-29(23)16-12-19-7-4-13-26-17-19)28-25-27-21(18-32-25)22-10-6-15-30(22)20-8-2-1-3-9-20/h1-5,7-9,11,13-14,17-18,22H,6,10,12,15-16H2,(H,27,28,31). The number of hydrogen-bond donors (Lipinski definition) is 1. The van der Waals surface area contributed by atoms with Crippen molar-refractivity contribution in [2.45, 2.75) is 31.8 Å².